The maximum Gasteiger partial charge on any atom is 0.251 e. The standard InChI is InChI=1S/C28H26Cl2N6OS/c29-23-7-2-8-24(15-23)35-10-12-36(13-11-35)26-16-25(30)33-28(34-26)38-19-20-4-1-6-22(14-20)27(37)32-18-21-5-3-9-31-17-21/h1-9,14-17H,10-13,18-19H2,(H,32,37). The van der Waals surface area contributed by atoms with Crippen molar-refractivity contribution in [3.05, 3.63) is 106 Å². The number of nitrogens with zero attached hydrogens (tertiary/aromatic N) is 5. The van der Waals surface area contributed by atoms with E-state index in [1.54, 1.807) is 12.4 Å². The molecule has 0 radical (unpaired) electrons. The molecule has 2 aromatic heterocycles. The van der Waals surface area contributed by atoms with Gasteiger partial charge >= 0.3 is 0 Å². The maximum absolute atomic E-state index is 12.6. The molecule has 38 heavy (non-hydrogen) atoms. The van der Waals surface area contributed by atoms with E-state index in [1.807, 2.05) is 60.7 Å². The van der Waals surface area contributed by atoms with Gasteiger partial charge in [0.2, 0.25) is 0 Å². The van der Waals surface area contributed by atoms with Crippen LogP contribution in [0.5, 0.6) is 0 Å². The summed E-state index contributed by atoms with van der Waals surface area (Å²) in [6.45, 7) is 3.79. The van der Waals surface area contributed by atoms with Gasteiger partial charge in [-0.2, -0.15) is 0 Å². The molecule has 4 aromatic rings. The number of nitrogens with one attached hydrogen (secondary N) is 1. The first-order valence-corrected chi connectivity index (χ1v) is 14.0. The van der Waals surface area contributed by atoms with Crippen molar-refractivity contribution in [2.45, 2.75) is 17.5 Å². The van der Waals surface area contributed by atoms with Crippen LogP contribution in [0.4, 0.5) is 11.5 Å². The molecule has 10 heteroatoms. The van der Waals surface area contributed by atoms with Gasteiger partial charge in [0.1, 0.15) is 11.0 Å². The highest BCUT2D eigenvalue weighted by Crippen LogP contribution is 2.27. The normalized spacial score (nSPS) is 13.4. The first kappa shape index (κ1) is 26.3. The van der Waals surface area contributed by atoms with Gasteiger partial charge in [-0.05, 0) is 47.5 Å². The van der Waals surface area contributed by atoms with Crippen molar-refractivity contribution in [1.82, 2.24) is 20.3 Å². The molecular weight excluding hydrogens is 539 g/mol. The zero-order chi connectivity index (χ0) is 26.3. The topological polar surface area (TPSA) is 74.2 Å². The summed E-state index contributed by atoms with van der Waals surface area (Å²) in [5.74, 6) is 1.31. The van der Waals surface area contributed by atoms with E-state index in [0.29, 0.717) is 28.2 Å². The van der Waals surface area contributed by atoms with E-state index >= 15 is 0 Å². The molecule has 0 saturated carbocycles. The molecule has 5 rings (SSSR count). The Bertz CT molecular complexity index is 1400. The van der Waals surface area contributed by atoms with E-state index in [2.05, 4.69) is 31.2 Å². The fourth-order valence-electron chi connectivity index (χ4n) is 4.22. The van der Waals surface area contributed by atoms with E-state index in [1.165, 1.54) is 11.8 Å². The summed E-state index contributed by atoms with van der Waals surface area (Å²) in [4.78, 5) is 30.5. The summed E-state index contributed by atoms with van der Waals surface area (Å²) in [7, 11) is 0. The van der Waals surface area contributed by atoms with Crippen LogP contribution in [0.15, 0.2) is 84.3 Å². The van der Waals surface area contributed by atoms with Gasteiger partial charge in [-0.3, -0.25) is 9.78 Å². The molecular formula is C28H26Cl2N6OS. The molecule has 0 spiro atoms. The van der Waals surface area contributed by atoms with Crippen LogP contribution in [-0.4, -0.2) is 47.0 Å². The lowest BCUT2D eigenvalue weighted by Gasteiger charge is -2.36. The summed E-state index contributed by atoms with van der Waals surface area (Å²) in [5.41, 5.74) is 3.69. The number of pyridine rings is 1. The van der Waals surface area contributed by atoms with Crippen molar-refractivity contribution in [2.24, 2.45) is 0 Å². The third-order valence-corrected chi connectivity index (χ3v) is 7.52. The second-order valence-corrected chi connectivity index (χ2v) is 10.6. The zero-order valence-electron chi connectivity index (χ0n) is 20.6. The van der Waals surface area contributed by atoms with Crippen LogP contribution in [-0.2, 0) is 12.3 Å². The third kappa shape index (κ3) is 6.95. The minimum atomic E-state index is -0.126. The van der Waals surface area contributed by atoms with Gasteiger partial charge in [-0.15, -0.1) is 0 Å². The molecule has 1 saturated heterocycles. The number of carbonyl (C=O) groups excluding carboxylic acids is 1. The first-order chi connectivity index (χ1) is 18.5. The Morgan fingerprint density at radius 3 is 2.47 bits per heavy atom. The first-order valence-electron chi connectivity index (χ1n) is 12.2. The van der Waals surface area contributed by atoms with Crippen molar-refractivity contribution in [1.29, 1.82) is 0 Å². The second-order valence-electron chi connectivity index (χ2n) is 8.82. The van der Waals surface area contributed by atoms with E-state index < -0.39 is 0 Å². The summed E-state index contributed by atoms with van der Waals surface area (Å²) in [6, 6.07) is 21.1. The van der Waals surface area contributed by atoms with E-state index in [4.69, 9.17) is 28.2 Å². The zero-order valence-corrected chi connectivity index (χ0v) is 22.9. The van der Waals surface area contributed by atoms with Crippen LogP contribution < -0.4 is 15.1 Å². The Morgan fingerprint density at radius 2 is 1.68 bits per heavy atom. The number of anilines is 2. The van der Waals surface area contributed by atoms with E-state index in [-0.39, 0.29) is 5.91 Å². The monoisotopic (exact) mass is 564 g/mol. The number of hydrogen-bond acceptors (Lipinski definition) is 7. The number of thioether (sulfide) groups is 1. The van der Waals surface area contributed by atoms with Crippen LogP contribution in [0, 0.1) is 0 Å². The maximum atomic E-state index is 12.6. The van der Waals surface area contributed by atoms with Crippen LogP contribution in [0.2, 0.25) is 10.2 Å². The third-order valence-electron chi connectivity index (χ3n) is 6.17. The molecule has 0 unspecified atom stereocenters. The minimum absolute atomic E-state index is 0.126. The molecule has 0 aliphatic carbocycles. The molecule has 1 fully saturated rings. The van der Waals surface area contributed by atoms with Gasteiger partial charge < -0.3 is 15.1 Å². The molecule has 3 heterocycles. The van der Waals surface area contributed by atoms with Crippen molar-refractivity contribution in [3.8, 4) is 0 Å². The molecule has 2 aromatic carbocycles. The van der Waals surface area contributed by atoms with Gasteiger partial charge in [0.15, 0.2) is 5.16 Å². The number of halogens is 2. The minimum Gasteiger partial charge on any atom is -0.368 e. The SMILES string of the molecule is O=C(NCc1cccnc1)c1cccc(CSc2nc(Cl)cc(N3CCN(c4cccc(Cl)c4)CC3)n2)c1. The lowest BCUT2D eigenvalue weighted by atomic mass is 10.1. The highest BCUT2D eigenvalue weighted by Gasteiger charge is 2.20. The number of rotatable bonds is 8. The molecule has 1 aliphatic heterocycles. The van der Waals surface area contributed by atoms with Gasteiger partial charge in [0.25, 0.3) is 5.91 Å². The molecule has 1 amide bonds. The number of piperazine rings is 1. The number of carbonyl (C=O) groups is 1. The lowest BCUT2D eigenvalue weighted by Crippen LogP contribution is -2.46. The quantitative estimate of drug-likeness (QED) is 0.166. The fourth-order valence-corrected chi connectivity index (χ4v) is 5.42. The van der Waals surface area contributed by atoms with Crippen molar-refractivity contribution in [2.75, 3.05) is 36.0 Å². The summed E-state index contributed by atoms with van der Waals surface area (Å²) >= 11 is 14.0. The molecule has 1 aliphatic rings. The summed E-state index contributed by atoms with van der Waals surface area (Å²) < 4.78 is 0. The Labute approximate surface area is 236 Å². The number of aromatic nitrogens is 3. The lowest BCUT2D eigenvalue weighted by molar-refractivity contribution is 0.0951. The number of benzene rings is 2. The smallest absolute Gasteiger partial charge is 0.251 e. The predicted octanol–water partition coefficient (Wildman–Crippen LogP) is 5.73. The highest BCUT2D eigenvalue weighted by molar-refractivity contribution is 7.98. The molecule has 0 bridgehead atoms. The van der Waals surface area contributed by atoms with Crippen LogP contribution in [0.25, 0.3) is 0 Å². The van der Waals surface area contributed by atoms with Gasteiger partial charge in [-0.25, -0.2) is 9.97 Å². The molecule has 0 atom stereocenters. The second kappa shape index (κ2) is 12.5. The van der Waals surface area contributed by atoms with Crippen LogP contribution in [0.3, 0.4) is 0 Å². The average molecular weight is 566 g/mol. The van der Waals surface area contributed by atoms with Gasteiger partial charge in [-0.1, -0.05) is 59.2 Å². The van der Waals surface area contributed by atoms with Crippen molar-refractivity contribution in [3.63, 3.8) is 0 Å². The molecule has 1 N–H and O–H groups in total. The average Bonchev–Trinajstić information content (AvgIpc) is 2.95. The van der Waals surface area contributed by atoms with Crippen LogP contribution in [0.1, 0.15) is 21.5 Å². The Kier molecular flexibility index (Phi) is 8.63. The largest absolute Gasteiger partial charge is 0.368 e. The Balaban J connectivity index is 1.18. The predicted molar refractivity (Wildman–Crippen MR) is 154 cm³/mol. The number of amides is 1. The molecule has 194 valence electrons. The van der Waals surface area contributed by atoms with Crippen LogP contribution >= 0.6 is 35.0 Å². The van der Waals surface area contributed by atoms with Crippen molar-refractivity contribution < 1.29 is 4.79 Å². The Hall–Kier alpha value is -3.33. The highest BCUT2D eigenvalue weighted by atomic mass is 35.5. The Morgan fingerprint density at radius 1 is 0.895 bits per heavy atom. The van der Waals surface area contributed by atoms with Gasteiger partial charge in [0.05, 0.1) is 0 Å². The van der Waals surface area contributed by atoms with E-state index in [0.717, 1.165) is 53.8 Å². The van der Waals surface area contributed by atoms with E-state index in [9.17, 15) is 4.79 Å². The number of hydrogen-bond donors (Lipinski definition) is 1. The summed E-state index contributed by atoms with van der Waals surface area (Å²) in [6.07, 6.45) is 3.45. The van der Waals surface area contributed by atoms with Gasteiger partial charge in [0, 0.05) is 73.2 Å². The van der Waals surface area contributed by atoms with Crippen molar-refractivity contribution >= 4 is 52.4 Å². The summed E-state index contributed by atoms with van der Waals surface area (Å²) in [5, 5.41) is 4.70. The fraction of sp³-hybridized carbons (Fsp3) is 0.214. The molecule has 7 nitrogen and oxygen atoms in total.